The smallest absolute Gasteiger partial charge is 0.209 e. The minimum atomic E-state index is 0.227. The molecule has 1 aliphatic rings. The van der Waals surface area contributed by atoms with Crippen LogP contribution in [0, 0.1) is 0 Å². The summed E-state index contributed by atoms with van der Waals surface area (Å²) in [6.07, 6.45) is 0.914. The zero-order chi connectivity index (χ0) is 11.4. The third-order valence-corrected chi connectivity index (χ3v) is 2.87. The molecule has 0 saturated carbocycles. The fraction of sp³-hybridized carbons (Fsp3) is 0.417. The molecule has 0 radical (unpaired) electrons. The zero-order valence-electron chi connectivity index (χ0n) is 9.35. The Morgan fingerprint density at radius 3 is 2.81 bits per heavy atom. The molecular weight excluding hydrogens is 204 g/mol. The number of hydrogen-bond donors (Lipinski definition) is 1. The number of ether oxygens (including phenoxy) is 1. The van der Waals surface area contributed by atoms with E-state index in [1.807, 2.05) is 24.3 Å². The Morgan fingerprint density at radius 1 is 1.44 bits per heavy atom. The summed E-state index contributed by atoms with van der Waals surface area (Å²) < 4.78 is 5.11. The van der Waals surface area contributed by atoms with Crippen LogP contribution in [0.2, 0.25) is 0 Å². The molecule has 1 saturated heterocycles. The number of amides is 1. The molecule has 0 aromatic heterocycles. The van der Waals surface area contributed by atoms with Gasteiger partial charge in [-0.1, -0.05) is 12.1 Å². The van der Waals surface area contributed by atoms with Crippen molar-refractivity contribution >= 4 is 6.41 Å². The summed E-state index contributed by atoms with van der Waals surface area (Å²) in [4.78, 5) is 12.5. The van der Waals surface area contributed by atoms with Crippen LogP contribution in [-0.2, 0) is 4.79 Å². The number of carbonyl (C=O) groups is 1. The highest BCUT2D eigenvalue weighted by molar-refractivity contribution is 5.47. The van der Waals surface area contributed by atoms with Crippen LogP contribution in [0.1, 0.15) is 11.6 Å². The molecular formula is C12H16N2O2. The standard InChI is InChI=1S/C12H16N2O2/c1-16-11-4-2-10(3-5-11)12-8-14(9-15)7-6-13-12/h2-5,9,12-13H,6-8H2,1H3. The maximum absolute atomic E-state index is 10.7. The lowest BCUT2D eigenvalue weighted by molar-refractivity contribution is -0.119. The molecule has 1 atom stereocenters. The Bertz CT molecular complexity index is 351. The first-order valence-corrected chi connectivity index (χ1v) is 5.40. The summed E-state index contributed by atoms with van der Waals surface area (Å²) in [6.45, 7) is 2.36. The number of benzene rings is 1. The van der Waals surface area contributed by atoms with E-state index < -0.39 is 0 Å². The van der Waals surface area contributed by atoms with Gasteiger partial charge in [-0.2, -0.15) is 0 Å². The van der Waals surface area contributed by atoms with Crippen molar-refractivity contribution in [3.05, 3.63) is 29.8 Å². The number of nitrogens with zero attached hydrogens (tertiary/aromatic N) is 1. The van der Waals surface area contributed by atoms with Gasteiger partial charge in [-0.05, 0) is 17.7 Å². The molecule has 0 spiro atoms. The van der Waals surface area contributed by atoms with E-state index in [0.717, 1.165) is 31.8 Å². The van der Waals surface area contributed by atoms with Gasteiger partial charge in [0.15, 0.2) is 0 Å². The van der Waals surface area contributed by atoms with Crippen LogP contribution in [0.25, 0.3) is 0 Å². The molecule has 1 amide bonds. The Kier molecular flexibility index (Phi) is 3.41. The first kappa shape index (κ1) is 11.0. The van der Waals surface area contributed by atoms with Crippen molar-refractivity contribution < 1.29 is 9.53 Å². The van der Waals surface area contributed by atoms with Gasteiger partial charge in [-0.15, -0.1) is 0 Å². The van der Waals surface area contributed by atoms with Gasteiger partial charge in [-0.25, -0.2) is 0 Å². The number of piperazine rings is 1. The zero-order valence-corrected chi connectivity index (χ0v) is 9.35. The molecule has 1 aliphatic heterocycles. The fourth-order valence-electron chi connectivity index (χ4n) is 1.93. The summed E-state index contributed by atoms with van der Waals surface area (Å²) in [5, 5.41) is 3.40. The molecule has 1 N–H and O–H groups in total. The van der Waals surface area contributed by atoms with Crippen molar-refractivity contribution in [2.75, 3.05) is 26.7 Å². The van der Waals surface area contributed by atoms with Gasteiger partial charge in [0.2, 0.25) is 6.41 Å². The van der Waals surface area contributed by atoms with Crippen LogP contribution >= 0.6 is 0 Å². The number of hydrogen-bond acceptors (Lipinski definition) is 3. The van der Waals surface area contributed by atoms with Gasteiger partial charge >= 0.3 is 0 Å². The quantitative estimate of drug-likeness (QED) is 0.766. The molecule has 86 valence electrons. The van der Waals surface area contributed by atoms with E-state index >= 15 is 0 Å². The highest BCUT2D eigenvalue weighted by Gasteiger charge is 2.19. The molecule has 1 heterocycles. The van der Waals surface area contributed by atoms with E-state index in [2.05, 4.69) is 5.32 Å². The first-order valence-electron chi connectivity index (χ1n) is 5.40. The third-order valence-electron chi connectivity index (χ3n) is 2.87. The summed E-state index contributed by atoms with van der Waals surface area (Å²) in [5.41, 5.74) is 1.19. The van der Waals surface area contributed by atoms with Gasteiger partial charge in [0.1, 0.15) is 5.75 Å². The predicted molar refractivity (Wildman–Crippen MR) is 61.4 cm³/mol. The maximum Gasteiger partial charge on any atom is 0.209 e. The van der Waals surface area contributed by atoms with Gasteiger partial charge in [0.05, 0.1) is 7.11 Å². The van der Waals surface area contributed by atoms with E-state index in [9.17, 15) is 4.79 Å². The number of carbonyl (C=O) groups excluding carboxylic acids is 1. The van der Waals surface area contributed by atoms with E-state index in [-0.39, 0.29) is 6.04 Å². The van der Waals surface area contributed by atoms with Crippen molar-refractivity contribution in [1.82, 2.24) is 10.2 Å². The Morgan fingerprint density at radius 2 is 2.19 bits per heavy atom. The maximum atomic E-state index is 10.7. The average molecular weight is 220 g/mol. The SMILES string of the molecule is COc1ccc(C2CN(C=O)CCN2)cc1. The van der Waals surface area contributed by atoms with E-state index in [0.29, 0.717) is 0 Å². The molecule has 1 aromatic carbocycles. The summed E-state index contributed by atoms with van der Waals surface area (Å²) in [5.74, 6) is 0.854. The first-order chi connectivity index (χ1) is 7.83. The fourth-order valence-corrected chi connectivity index (χ4v) is 1.93. The van der Waals surface area contributed by atoms with Crippen LogP contribution in [0.15, 0.2) is 24.3 Å². The van der Waals surface area contributed by atoms with E-state index in [1.54, 1.807) is 12.0 Å². The van der Waals surface area contributed by atoms with Gasteiger partial charge in [0.25, 0.3) is 0 Å². The lowest BCUT2D eigenvalue weighted by Crippen LogP contribution is -2.44. The Labute approximate surface area is 95.2 Å². The number of rotatable bonds is 3. The second-order valence-electron chi connectivity index (χ2n) is 3.88. The van der Waals surface area contributed by atoms with Crippen molar-refractivity contribution in [1.29, 1.82) is 0 Å². The monoisotopic (exact) mass is 220 g/mol. The molecule has 0 bridgehead atoms. The predicted octanol–water partition coefficient (Wildman–Crippen LogP) is 0.798. The van der Waals surface area contributed by atoms with E-state index in [4.69, 9.17) is 4.74 Å². The normalized spacial score (nSPS) is 20.6. The largest absolute Gasteiger partial charge is 0.497 e. The van der Waals surface area contributed by atoms with Gasteiger partial charge < -0.3 is 15.0 Å². The molecule has 4 nitrogen and oxygen atoms in total. The topological polar surface area (TPSA) is 41.6 Å². The molecule has 1 aromatic rings. The van der Waals surface area contributed by atoms with Crippen molar-refractivity contribution in [2.45, 2.75) is 6.04 Å². The van der Waals surface area contributed by atoms with Crippen molar-refractivity contribution in [3.8, 4) is 5.75 Å². The third kappa shape index (κ3) is 2.33. The van der Waals surface area contributed by atoms with Crippen LogP contribution in [0.5, 0.6) is 5.75 Å². The Hall–Kier alpha value is -1.55. The minimum absolute atomic E-state index is 0.227. The lowest BCUT2D eigenvalue weighted by Gasteiger charge is -2.31. The Balaban J connectivity index is 2.07. The highest BCUT2D eigenvalue weighted by Crippen LogP contribution is 2.19. The van der Waals surface area contributed by atoms with Gasteiger partial charge in [-0.3, -0.25) is 4.79 Å². The second-order valence-corrected chi connectivity index (χ2v) is 3.88. The molecule has 0 aliphatic carbocycles. The number of methoxy groups -OCH3 is 1. The van der Waals surface area contributed by atoms with Crippen LogP contribution in [0.4, 0.5) is 0 Å². The summed E-state index contributed by atoms with van der Waals surface area (Å²) in [6, 6.07) is 8.17. The van der Waals surface area contributed by atoms with Crippen LogP contribution in [-0.4, -0.2) is 38.1 Å². The van der Waals surface area contributed by atoms with Gasteiger partial charge in [0, 0.05) is 25.7 Å². The molecule has 1 fully saturated rings. The summed E-state index contributed by atoms with van der Waals surface area (Å²) in [7, 11) is 1.65. The molecule has 16 heavy (non-hydrogen) atoms. The number of nitrogens with one attached hydrogen (secondary N) is 1. The summed E-state index contributed by atoms with van der Waals surface area (Å²) >= 11 is 0. The lowest BCUT2D eigenvalue weighted by atomic mass is 10.0. The molecule has 2 rings (SSSR count). The van der Waals surface area contributed by atoms with Crippen molar-refractivity contribution in [2.24, 2.45) is 0 Å². The molecule has 1 unspecified atom stereocenters. The highest BCUT2D eigenvalue weighted by atomic mass is 16.5. The second kappa shape index (κ2) is 4.99. The van der Waals surface area contributed by atoms with Crippen LogP contribution in [0.3, 0.4) is 0 Å². The van der Waals surface area contributed by atoms with Crippen molar-refractivity contribution in [3.63, 3.8) is 0 Å². The minimum Gasteiger partial charge on any atom is -0.497 e. The average Bonchev–Trinajstić information content (AvgIpc) is 2.39. The molecule has 4 heteroatoms. The van der Waals surface area contributed by atoms with E-state index in [1.165, 1.54) is 5.56 Å². The van der Waals surface area contributed by atoms with Crippen LogP contribution < -0.4 is 10.1 Å².